The first-order valence-corrected chi connectivity index (χ1v) is 7.96. The maximum absolute atomic E-state index is 12.6. The summed E-state index contributed by atoms with van der Waals surface area (Å²) in [7, 11) is 0. The molecule has 1 aromatic heterocycles. The topological polar surface area (TPSA) is 59.8 Å². The predicted octanol–water partition coefficient (Wildman–Crippen LogP) is 3.95. The minimum Gasteiger partial charge on any atom is -0.320 e. The van der Waals surface area contributed by atoms with Crippen molar-refractivity contribution in [2.75, 3.05) is 5.32 Å². The first kappa shape index (κ1) is 15.9. The first-order chi connectivity index (χ1) is 11.6. The van der Waals surface area contributed by atoms with Crippen molar-refractivity contribution < 1.29 is 4.79 Å². The number of aromatic nitrogens is 3. The van der Waals surface area contributed by atoms with E-state index in [9.17, 15) is 4.79 Å². The number of nitrogens with one attached hydrogen (secondary N) is 1. The van der Waals surface area contributed by atoms with Crippen LogP contribution in [0.15, 0.2) is 54.6 Å². The molecule has 0 saturated heterocycles. The summed E-state index contributed by atoms with van der Waals surface area (Å²) in [5.74, 6) is 0.0744. The van der Waals surface area contributed by atoms with Gasteiger partial charge in [-0.25, -0.2) is 0 Å². The predicted molar refractivity (Wildman–Crippen MR) is 94.6 cm³/mol. The van der Waals surface area contributed by atoms with Gasteiger partial charge in [0.25, 0.3) is 5.91 Å². The SMILES string of the molecule is Cc1nn(-c2ccccc2)nc1C(=O)Nc1ccccc1C(C)C. The maximum atomic E-state index is 12.6. The van der Waals surface area contributed by atoms with Gasteiger partial charge in [0.1, 0.15) is 0 Å². The van der Waals surface area contributed by atoms with Gasteiger partial charge in [-0.05, 0) is 36.6 Å². The Balaban J connectivity index is 1.88. The molecule has 0 radical (unpaired) electrons. The summed E-state index contributed by atoms with van der Waals surface area (Å²) in [5, 5.41) is 11.6. The van der Waals surface area contributed by atoms with Crippen LogP contribution in [0.25, 0.3) is 5.69 Å². The molecular weight excluding hydrogens is 300 g/mol. The number of carbonyl (C=O) groups is 1. The van der Waals surface area contributed by atoms with Gasteiger partial charge in [0.2, 0.25) is 0 Å². The monoisotopic (exact) mass is 320 g/mol. The second-order valence-electron chi connectivity index (χ2n) is 5.96. The van der Waals surface area contributed by atoms with E-state index in [2.05, 4.69) is 29.4 Å². The van der Waals surface area contributed by atoms with E-state index in [1.165, 1.54) is 4.80 Å². The Morgan fingerprint density at radius 2 is 1.67 bits per heavy atom. The van der Waals surface area contributed by atoms with Crippen molar-refractivity contribution in [2.45, 2.75) is 26.7 Å². The average molecular weight is 320 g/mol. The van der Waals surface area contributed by atoms with Crippen LogP contribution in [0.4, 0.5) is 5.69 Å². The summed E-state index contributed by atoms with van der Waals surface area (Å²) in [6.45, 7) is 5.99. The van der Waals surface area contributed by atoms with Crippen molar-refractivity contribution in [3.05, 3.63) is 71.5 Å². The molecule has 5 nitrogen and oxygen atoms in total. The number of carbonyl (C=O) groups excluding carboxylic acids is 1. The van der Waals surface area contributed by atoms with E-state index in [1.54, 1.807) is 6.92 Å². The molecule has 0 saturated carbocycles. The highest BCUT2D eigenvalue weighted by Gasteiger charge is 2.18. The zero-order valence-corrected chi connectivity index (χ0v) is 14.0. The smallest absolute Gasteiger partial charge is 0.278 e. The van der Waals surface area contributed by atoms with Crippen LogP contribution in [0.1, 0.15) is 41.5 Å². The third-order valence-electron chi connectivity index (χ3n) is 3.82. The Morgan fingerprint density at radius 3 is 2.38 bits per heavy atom. The third kappa shape index (κ3) is 3.20. The van der Waals surface area contributed by atoms with Gasteiger partial charge in [0, 0.05) is 5.69 Å². The first-order valence-electron chi connectivity index (χ1n) is 7.96. The molecule has 0 atom stereocenters. The summed E-state index contributed by atoms with van der Waals surface area (Å²) >= 11 is 0. The molecular formula is C19H20N4O. The standard InChI is InChI=1S/C19H20N4O/c1-13(2)16-11-7-8-12-17(16)20-19(24)18-14(3)21-23(22-18)15-9-5-4-6-10-15/h4-13H,1-3H3,(H,20,24). The van der Waals surface area contributed by atoms with E-state index in [0.29, 0.717) is 17.3 Å². The lowest BCUT2D eigenvalue weighted by Gasteiger charge is -2.12. The lowest BCUT2D eigenvalue weighted by molar-refractivity contribution is 0.102. The van der Waals surface area contributed by atoms with Gasteiger partial charge in [-0.3, -0.25) is 4.79 Å². The van der Waals surface area contributed by atoms with Crippen molar-refractivity contribution in [1.29, 1.82) is 0 Å². The fourth-order valence-electron chi connectivity index (χ4n) is 2.56. The van der Waals surface area contributed by atoms with Crippen LogP contribution in [-0.4, -0.2) is 20.9 Å². The summed E-state index contributed by atoms with van der Waals surface area (Å²) in [5.41, 5.74) is 3.66. The molecule has 2 aromatic carbocycles. The second-order valence-corrected chi connectivity index (χ2v) is 5.96. The maximum Gasteiger partial charge on any atom is 0.278 e. The highest BCUT2D eigenvalue weighted by atomic mass is 16.2. The summed E-state index contributed by atoms with van der Waals surface area (Å²) in [6, 6.07) is 17.4. The van der Waals surface area contributed by atoms with Gasteiger partial charge in [-0.2, -0.15) is 9.90 Å². The molecule has 1 heterocycles. The highest BCUT2D eigenvalue weighted by Crippen LogP contribution is 2.24. The number of para-hydroxylation sites is 2. The van der Waals surface area contributed by atoms with E-state index in [-0.39, 0.29) is 5.91 Å². The zero-order chi connectivity index (χ0) is 17.1. The fourth-order valence-corrected chi connectivity index (χ4v) is 2.56. The Kier molecular flexibility index (Phi) is 4.42. The normalized spacial score (nSPS) is 10.8. The number of hydrogen-bond donors (Lipinski definition) is 1. The molecule has 5 heteroatoms. The van der Waals surface area contributed by atoms with Crippen LogP contribution in [0.2, 0.25) is 0 Å². The molecule has 24 heavy (non-hydrogen) atoms. The van der Waals surface area contributed by atoms with E-state index >= 15 is 0 Å². The van der Waals surface area contributed by atoms with Crippen molar-refractivity contribution in [1.82, 2.24) is 15.0 Å². The van der Waals surface area contributed by atoms with Gasteiger partial charge < -0.3 is 5.32 Å². The van der Waals surface area contributed by atoms with Crippen LogP contribution in [0, 0.1) is 6.92 Å². The fraction of sp³-hybridized carbons (Fsp3) is 0.211. The van der Waals surface area contributed by atoms with E-state index in [4.69, 9.17) is 0 Å². The molecule has 122 valence electrons. The summed E-state index contributed by atoms with van der Waals surface area (Å²) in [6.07, 6.45) is 0. The average Bonchev–Trinajstić information content (AvgIpc) is 2.98. The molecule has 3 aromatic rings. The van der Waals surface area contributed by atoms with Crippen LogP contribution in [0.5, 0.6) is 0 Å². The van der Waals surface area contributed by atoms with Crippen LogP contribution < -0.4 is 5.32 Å². The molecule has 1 amide bonds. The van der Waals surface area contributed by atoms with E-state index < -0.39 is 0 Å². The van der Waals surface area contributed by atoms with Crippen molar-refractivity contribution in [3.8, 4) is 5.69 Å². The lowest BCUT2D eigenvalue weighted by atomic mass is 10.0. The van der Waals surface area contributed by atoms with Gasteiger partial charge in [0.15, 0.2) is 5.69 Å². The summed E-state index contributed by atoms with van der Waals surface area (Å²) < 4.78 is 0. The lowest BCUT2D eigenvalue weighted by Crippen LogP contribution is -2.15. The largest absolute Gasteiger partial charge is 0.320 e. The Labute approximate surface area is 141 Å². The molecule has 0 spiro atoms. The molecule has 0 aliphatic carbocycles. The number of rotatable bonds is 4. The Morgan fingerprint density at radius 1 is 1.00 bits per heavy atom. The minimum absolute atomic E-state index is 0.247. The summed E-state index contributed by atoms with van der Waals surface area (Å²) in [4.78, 5) is 14.1. The number of anilines is 1. The van der Waals surface area contributed by atoms with Crippen molar-refractivity contribution in [3.63, 3.8) is 0 Å². The molecule has 0 unspecified atom stereocenters. The molecule has 0 fully saturated rings. The molecule has 0 bridgehead atoms. The quantitative estimate of drug-likeness (QED) is 0.792. The van der Waals surface area contributed by atoms with Crippen LogP contribution in [0.3, 0.4) is 0 Å². The highest BCUT2D eigenvalue weighted by molar-refractivity contribution is 6.04. The van der Waals surface area contributed by atoms with Gasteiger partial charge in [0.05, 0.1) is 11.4 Å². The van der Waals surface area contributed by atoms with E-state index in [0.717, 1.165) is 16.9 Å². The minimum atomic E-state index is -0.247. The molecule has 0 aliphatic rings. The number of benzene rings is 2. The Hall–Kier alpha value is -2.95. The van der Waals surface area contributed by atoms with Gasteiger partial charge in [-0.1, -0.05) is 50.2 Å². The molecule has 0 aliphatic heterocycles. The van der Waals surface area contributed by atoms with Gasteiger partial charge >= 0.3 is 0 Å². The van der Waals surface area contributed by atoms with Crippen LogP contribution in [-0.2, 0) is 0 Å². The second kappa shape index (κ2) is 6.66. The number of aryl methyl sites for hydroxylation is 1. The van der Waals surface area contributed by atoms with Crippen molar-refractivity contribution in [2.24, 2.45) is 0 Å². The van der Waals surface area contributed by atoms with Crippen molar-refractivity contribution >= 4 is 11.6 Å². The zero-order valence-electron chi connectivity index (χ0n) is 14.0. The van der Waals surface area contributed by atoms with Gasteiger partial charge in [-0.15, -0.1) is 5.10 Å². The molecule has 1 N–H and O–H groups in total. The van der Waals surface area contributed by atoms with E-state index in [1.807, 2.05) is 54.6 Å². The molecule has 3 rings (SSSR count). The number of amides is 1. The van der Waals surface area contributed by atoms with Crippen LogP contribution >= 0.6 is 0 Å². The number of hydrogen-bond acceptors (Lipinski definition) is 3. The third-order valence-corrected chi connectivity index (χ3v) is 3.82. The number of nitrogens with zero attached hydrogens (tertiary/aromatic N) is 3. The Bertz CT molecular complexity index is 853.